The molecule has 0 aliphatic heterocycles. The molecule has 0 heterocycles. The van der Waals surface area contributed by atoms with E-state index in [-0.39, 0.29) is 0 Å². The number of fused-ring (bicyclic) bond motifs is 3. The first kappa shape index (κ1) is 31.8. The second kappa shape index (κ2) is 12.5. The van der Waals surface area contributed by atoms with Gasteiger partial charge < -0.3 is 4.90 Å². The molecule has 57 heavy (non-hydrogen) atoms. The number of anilines is 3. The van der Waals surface area contributed by atoms with Gasteiger partial charge in [-0.2, -0.15) is 0 Å². The molecule has 12 aromatic carbocycles. The quantitative estimate of drug-likeness (QED) is 0.160. The molecule has 1 heteroatoms. The van der Waals surface area contributed by atoms with Gasteiger partial charge in [-0.25, -0.2) is 0 Å². The zero-order valence-corrected chi connectivity index (χ0v) is 31.2. The predicted octanol–water partition coefficient (Wildman–Crippen LogP) is 16.0. The van der Waals surface area contributed by atoms with Crippen LogP contribution >= 0.6 is 0 Å². The first-order chi connectivity index (χ1) is 28.3. The van der Waals surface area contributed by atoms with E-state index in [9.17, 15) is 0 Å². The van der Waals surface area contributed by atoms with Gasteiger partial charge in [0.1, 0.15) is 0 Å². The molecule has 0 unspecified atom stereocenters. The first-order valence-electron chi connectivity index (χ1n) is 19.8. The van der Waals surface area contributed by atoms with Gasteiger partial charge in [-0.3, -0.25) is 0 Å². The van der Waals surface area contributed by atoms with Gasteiger partial charge in [0.25, 0.3) is 0 Å². The van der Waals surface area contributed by atoms with Gasteiger partial charge in [0, 0.05) is 17.1 Å². The fourth-order valence-electron chi connectivity index (χ4n) is 9.55. The van der Waals surface area contributed by atoms with Crippen molar-refractivity contribution >= 4 is 92.5 Å². The van der Waals surface area contributed by atoms with Gasteiger partial charge in [-0.15, -0.1) is 0 Å². The Kier molecular flexibility index (Phi) is 7.00. The van der Waals surface area contributed by atoms with Crippen molar-refractivity contribution in [3.05, 3.63) is 212 Å². The van der Waals surface area contributed by atoms with Crippen LogP contribution in [-0.2, 0) is 0 Å². The third kappa shape index (κ3) is 4.96. The Morgan fingerprint density at radius 3 is 1.30 bits per heavy atom. The molecule has 0 saturated heterocycles. The molecule has 12 aromatic rings. The molecule has 1 nitrogen and oxygen atoms in total. The Balaban J connectivity index is 1.15. The van der Waals surface area contributed by atoms with Crippen molar-refractivity contribution in [2.24, 2.45) is 0 Å². The highest BCUT2D eigenvalue weighted by molar-refractivity contribution is 6.37. The number of hydrogen-bond acceptors (Lipinski definition) is 1. The molecule has 0 saturated carbocycles. The molecule has 0 atom stereocenters. The standard InChI is InChI=1S/C56H35N/c1-2-10-36(11-3-1)37-26-30-44(31-27-37)57(45-32-28-39(29-33-45)48-18-6-13-38-12-4-5-17-47(38)48)46-34-43-25-24-42-15-8-20-50-49-19-7-14-40-22-23-41-16-9-21-51(55(41)53(40)49)52(35-46)56(43)54(42)50/h1-35H. The van der Waals surface area contributed by atoms with E-state index >= 15 is 0 Å². The van der Waals surface area contributed by atoms with Crippen LogP contribution in [0.3, 0.4) is 0 Å². The highest BCUT2D eigenvalue weighted by Gasteiger charge is 2.20. The van der Waals surface area contributed by atoms with Crippen molar-refractivity contribution in [2.45, 2.75) is 0 Å². The molecule has 0 aliphatic rings. The lowest BCUT2D eigenvalue weighted by molar-refractivity contribution is 1.29. The lowest BCUT2D eigenvalue weighted by atomic mass is 9.87. The van der Waals surface area contributed by atoms with E-state index in [1.807, 2.05) is 0 Å². The van der Waals surface area contributed by atoms with Crippen LogP contribution in [0, 0.1) is 0 Å². The molecule has 0 fully saturated rings. The average Bonchev–Trinajstić information content (AvgIpc) is 3.28. The van der Waals surface area contributed by atoms with Gasteiger partial charge in [0.05, 0.1) is 0 Å². The Morgan fingerprint density at radius 2 is 0.667 bits per heavy atom. The lowest BCUT2D eigenvalue weighted by Gasteiger charge is -2.27. The zero-order chi connectivity index (χ0) is 37.5. The van der Waals surface area contributed by atoms with Crippen LogP contribution in [0.4, 0.5) is 17.1 Å². The van der Waals surface area contributed by atoms with Crippen LogP contribution in [0.2, 0.25) is 0 Å². The second-order valence-electron chi connectivity index (χ2n) is 15.3. The molecule has 0 aromatic heterocycles. The summed E-state index contributed by atoms with van der Waals surface area (Å²) >= 11 is 0. The van der Waals surface area contributed by atoms with Crippen LogP contribution in [0.15, 0.2) is 212 Å². The van der Waals surface area contributed by atoms with Crippen LogP contribution in [-0.4, -0.2) is 0 Å². The van der Waals surface area contributed by atoms with Crippen molar-refractivity contribution in [2.75, 3.05) is 4.90 Å². The molecule has 264 valence electrons. The van der Waals surface area contributed by atoms with Crippen molar-refractivity contribution < 1.29 is 0 Å². The van der Waals surface area contributed by atoms with Crippen molar-refractivity contribution in [1.29, 1.82) is 0 Å². The molecule has 12 rings (SSSR count). The fraction of sp³-hybridized carbons (Fsp3) is 0. The highest BCUT2D eigenvalue weighted by Crippen LogP contribution is 2.46. The number of hydrogen-bond donors (Lipinski definition) is 0. The molecular weight excluding hydrogens is 687 g/mol. The van der Waals surface area contributed by atoms with E-state index in [0.717, 1.165) is 17.1 Å². The largest absolute Gasteiger partial charge is 0.310 e. The minimum absolute atomic E-state index is 1.11. The number of benzene rings is 11. The summed E-state index contributed by atoms with van der Waals surface area (Å²) < 4.78 is 0. The summed E-state index contributed by atoms with van der Waals surface area (Å²) in [6.45, 7) is 0. The van der Waals surface area contributed by atoms with Crippen molar-refractivity contribution in [3.63, 3.8) is 0 Å². The van der Waals surface area contributed by atoms with Gasteiger partial charge in [-0.05, 0) is 134 Å². The third-order valence-electron chi connectivity index (χ3n) is 12.1. The van der Waals surface area contributed by atoms with E-state index in [1.54, 1.807) is 0 Å². The smallest absolute Gasteiger partial charge is 0.0474 e. The maximum atomic E-state index is 2.45. The Bertz CT molecular complexity index is 3480. The summed E-state index contributed by atoms with van der Waals surface area (Å²) in [5, 5.41) is 17.9. The molecule has 0 bridgehead atoms. The van der Waals surface area contributed by atoms with E-state index in [2.05, 4.69) is 217 Å². The summed E-state index contributed by atoms with van der Waals surface area (Å²) in [6, 6.07) is 78.5. The lowest BCUT2D eigenvalue weighted by Crippen LogP contribution is -2.10. The molecular formula is C56H35N. The maximum absolute atomic E-state index is 2.45. The molecule has 0 radical (unpaired) electrons. The second-order valence-corrected chi connectivity index (χ2v) is 15.3. The van der Waals surface area contributed by atoms with Crippen molar-refractivity contribution in [3.8, 4) is 22.3 Å². The van der Waals surface area contributed by atoms with Gasteiger partial charge >= 0.3 is 0 Å². The van der Waals surface area contributed by atoms with E-state index in [4.69, 9.17) is 0 Å². The Morgan fingerprint density at radius 1 is 0.228 bits per heavy atom. The fourth-order valence-corrected chi connectivity index (χ4v) is 9.55. The van der Waals surface area contributed by atoms with Crippen LogP contribution in [0.5, 0.6) is 0 Å². The molecule has 0 amide bonds. The van der Waals surface area contributed by atoms with Crippen LogP contribution in [0.1, 0.15) is 0 Å². The monoisotopic (exact) mass is 721 g/mol. The van der Waals surface area contributed by atoms with E-state index < -0.39 is 0 Å². The summed E-state index contributed by atoms with van der Waals surface area (Å²) in [4.78, 5) is 2.43. The minimum Gasteiger partial charge on any atom is -0.310 e. The van der Waals surface area contributed by atoms with Crippen LogP contribution < -0.4 is 4.90 Å². The normalized spacial score (nSPS) is 11.9. The first-order valence-corrected chi connectivity index (χ1v) is 19.8. The average molecular weight is 722 g/mol. The Labute approximate surface area is 330 Å². The molecule has 0 spiro atoms. The summed E-state index contributed by atoms with van der Waals surface area (Å²) in [7, 11) is 0. The highest BCUT2D eigenvalue weighted by atomic mass is 15.1. The summed E-state index contributed by atoms with van der Waals surface area (Å²) in [5.74, 6) is 0. The van der Waals surface area contributed by atoms with Crippen LogP contribution in [0.25, 0.3) is 97.7 Å². The molecule has 0 aliphatic carbocycles. The summed E-state index contributed by atoms with van der Waals surface area (Å²) in [5.41, 5.74) is 8.19. The third-order valence-corrected chi connectivity index (χ3v) is 12.1. The number of nitrogens with zero attached hydrogens (tertiary/aromatic N) is 1. The number of rotatable bonds is 5. The predicted molar refractivity (Wildman–Crippen MR) is 246 cm³/mol. The topological polar surface area (TPSA) is 3.24 Å². The maximum Gasteiger partial charge on any atom is 0.0474 e. The SMILES string of the molecule is c1ccc(-c2ccc(N(c3ccc(-c4cccc5ccccc45)cc3)c3cc4ccc5cccc6c7cccc8ccc9cccc(c(c3)c4c56)c9c87)cc2)cc1. The van der Waals surface area contributed by atoms with Gasteiger partial charge in [0.2, 0.25) is 0 Å². The summed E-state index contributed by atoms with van der Waals surface area (Å²) in [6.07, 6.45) is 0. The minimum atomic E-state index is 1.11. The van der Waals surface area contributed by atoms with E-state index in [0.29, 0.717) is 0 Å². The van der Waals surface area contributed by atoms with Crippen molar-refractivity contribution in [1.82, 2.24) is 0 Å². The molecule has 0 N–H and O–H groups in total. The van der Waals surface area contributed by atoms with E-state index in [1.165, 1.54) is 97.7 Å². The Hall–Kier alpha value is -7.48. The van der Waals surface area contributed by atoms with Gasteiger partial charge in [-0.1, -0.05) is 176 Å². The zero-order valence-electron chi connectivity index (χ0n) is 31.2. The van der Waals surface area contributed by atoms with Gasteiger partial charge in [0.15, 0.2) is 0 Å².